The SMILES string of the molecule is Cc1ccc(CN2CCO[C@@H](c3nc(-c4ccccc4)no3)C2)cc1. The highest BCUT2D eigenvalue weighted by Crippen LogP contribution is 2.24. The van der Waals surface area contributed by atoms with Gasteiger partial charge in [-0.05, 0) is 12.5 Å². The number of ether oxygens (including phenoxy) is 1. The number of rotatable bonds is 4. The van der Waals surface area contributed by atoms with Crippen LogP contribution < -0.4 is 0 Å². The van der Waals surface area contributed by atoms with Crippen molar-refractivity contribution in [1.29, 1.82) is 0 Å². The predicted octanol–water partition coefficient (Wildman–Crippen LogP) is 3.62. The first-order chi connectivity index (χ1) is 12.3. The molecule has 0 aliphatic carbocycles. The van der Waals surface area contributed by atoms with Crippen LogP contribution in [0.4, 0.5) is 0 Å². The second kappa shape index (κ2) is 7.17. The van der Waals surface area contributed by atoms with Crippen molar-refractivity contribution in [3.8, 4) is 11.4 Å². The summed E-state index contributed by atoms with van der Waals surface area (Å²) in [6.07, 6.45) is -0.177. The molecule has 0 unspecified atom stereocenters. The van der Waals surface area contributed by atoms with Gasteiger partial charge in [-0.1, -0.05) is 65.3 Å². The van der Waals surface area contributed by atoms with Crippen molar-refractivity contribution in [2.75, 3.05) is 19.7 Å². The van der Waals surface area contributed by atoms with E-state index in [1.54, 1.807) is 0 Å². The lowest BCUT2D eigenvalue weighted by Gasteiger charge is -2.31. The summed E-state index contributed by atoms with van der Waals surface area (Å²) < 4.78 is 11.3. The standard InChI is InChI=1S/C20H21N3O2/c1-15-7-9-16(10-8-15)13-23-11-12-24-18(14-23)20-21-19(22-25-20)17-5-3-2-4-6-17/h2-10,18H,11-14H2,1H3/t18-/m1/s1. The Morgan fingerprint density at radius 1 is 1.08 bits per heavy atom. The monoisotopic (exact) mass is 335 g/mol. The van der Waals surface area contributed by atoms with Gasteiger partial charge in [0.1, 0.15) is 6.10 Å². The summed E-state index contributed by atoms with van der Waals surface area (Å²) in [5.41, 5.74) is 3.54. The van der Waals surface area contributed by atoms with Crippen molar-refractivity contribution in [3.05, 3.63) is 71.6 Å². The number of aromatic nitrogens is 2. The van der Waals surface area contributed by atoms with Crippen LogP contribution in [0.2, 0.25) is 0 Å². The zero-order valence-electron chi connectivity index (χ0n) is 14.3. The molecule has 0 N–H and O–H groups in total. The van der Waals surface area contributed by atoms with Gasteiger partial charge in [0.05, 0.1) is 6.61 Å². The lowest BCUT2D eigenvalue weighted by molar-refractivity contribution is -0.0475. The fraction of sp³-hybridized carbons (Fsp3) is 0.300. The molecule has 1 aliphatic heterocycles. The van der Waals surface area contributed by atoms with Gasteiger partial charge in [0.25, 0.3) is 5.89 Å². The molecule has 1 aliphatic rings. The average Bonchev–Trinajstić information content (AvgIpc) is 3.15. The first-order valence-electron chi connectivity index (χ1n) is 8.56. The highest BCUT2D eigenvalue weighted by Gasteiger charge is 2.27. The van der Waals surface area contributed by atoms with E-state index in [1.165, 1.54) is 11.1 Å². The summed E-state index contributed by atoms with van der Waals surface area (Å²) in [7, 11) is 0. The average molecular weight is 335 g/mol. The molecule has 5 heteroatoms. The van der Waals surface area contributed by atoms with Crippen LogP contribution in [0.1, 0.15) is 23.1 Å². The van der Waals surface area contributed by atoms with Gasteiger partial charge in [-0.3, -0.25) is 4.90 Å². The van der Waals surface area contributed by atoms with E-state index < -0.39 is 0 Å². The molecule has 5 nitrogen and oxygen atoms in total. The molecule has 0 spiro atoms. The number of morpholine rings is 1. The van der Waals surface area contributed by atoms with Crippen LogP contribution in [-0.4, -0.2) is 34.7 Å². The number of hydrogen-bond donors (Lipinski definition) is 0. The number of hydrogen-bond acceptors (Lipinski definition) is 5. The number of nitrogens with zero attached hydrogens (tertiary/aromatic N) is 3. The van der Waals surface area contributed by atoms with E-state index in [2.05, 4.69) is 46.2 Å². The summed E-state index contributed by atoms with van der Waals surface area (Å²) in [5.74, 6) is 1.15. The minimum atomic E-state index is -0.177. The largest absolute Gasteiger partial charge is 0.366 e. The molecule has 3 aromatic rings. The van der Waals surface area contributed by atoms with E-state index in [0.717, 1.165) is 25.2 Å². The summed E-state index contributed by atoms with van der Waals surface area (Å²) in [5, 5.41) is 4.10. The van der Waals surface area contributed by atoms with E-state index in [-0.39, 0.29) is 6.10 Å². The molecular formula is C20H21N3O2. The van der Waals surface area contributed by atoms with Crippen LogP contribution in [0.15, 0.2) is 59.1 Å². The topological polar surface area (TPSA) is 51.4 Å². The number of benzene rings is 2. The molecule has 25 heavy (non-hydrogen) atoms. The molecule has 0 radical (unpaired) electrons. The normalized spacial score (nSPS) is 18.4. The van der Waals surface area contributed by atoms with Crippen LogP contribution in [0.3, 0.4) is 0 Å². The lowest BCUT2D eigenvalue weighted by Crippen LogP contribution is -2.37. The third kappa shape index (κ3) is 3.78. The Balaban J connectivity index is 1.44. The van der Waals surface area contributed by atoms with Gasteiger partial charge >= 0.3 is 0 Å². The van der Waals surface area contributed by atoms with Gasteiger partial charge in [-0.2, -0.15) is 4.98 Å². The van der Waals surface area contributed by atoms with Gasteiger partial charge in [0.15, 0.2) is 0 Å². The second-order valence-electron chi connectivity index (χ2n) is 6.40. The fourth-order valence-electron chi connectivity index (χ4n) is 3.02. The maximum absolute atomic E-state index is 5.86. The zero-order valence-corrected chi connectivity index (χ0v) is 14.3. The Bertz CT molecular complexity index is 814. The van der Waals surface area contributed by atoms with Crippen LogP contribution in [0.25, 0.3) is 11.4 Å². The van der Waals surface area contributed by atoms with E-state index in [9.17, 15) is 0 Å². The van der Waals surface area contributed by atoms with Crippen LogP contribution in [-0.2, 0) is 11.3 Å². The molecule has 1 atom stereocenters. The molecule has 0 saturated carbocycles. The molecule has 4 rings (SSSR count). The zero-order chi connectivity index (χ0) is 17.1. The van der Waals surface area contributed by atoms with Crippen LogP contribution >= 0.6 is 0 Å². The quantitative estimate of drug-likeness (QED) is 0.729. The van der Waals surface area contributed by atoms with Crippen molar-refractivity contribution < 1.29 is 9.26 Å². The lowest BCUT2D eigenvalue weighted by atomic mass is 10.1. The smallest absolute Gasteiger partial charge is 0.257 e. The molecule has 1 saturated heterocycles. The summed E-state index contributed by atoms with van der Waals surface area (Å²) in [6.45, 7) is 5.34. The van der Waals surface area contributed by atoms with E-state index in [4.69, 9.17) is 9.26 Å². The van der Waals surface area contributed by atoms with Gasteiger partial charge in [0, 0.05) is 25.2 Å². The van der Waals surface area contributed by atoms with Crippen LogP contribution in [0.5, 0.6) is 0 Å². The molecule has 1 fully saturated rings. The highest BCUT2D eigenvalue weighted by atomic mass is 16.5. The second-order valence-corrected chi connectivity index (χ2v) is 6.40. The van der Waals surface area contributed by atoms with E-state index >= 15 is 0 Å². The maximum Gasteiger partial charge on any atom is 0.257 e. The van der Waals surface area contributed by atoms with Gasteiger partial charge < -0.3 is 9.26 Å². The minimum absolute atomic E-state index is 0.177. The fourth-order valence-corrected chi connectivity index (χ4v) is 3.02. The first-order valence-corrected chi connectivity index (χ1v) is 8.56. The summed E-state index contributed by atoms with van der Waals surface area (Å²) >= 11 is 0. The molecule has 0 bridgehead atoms. The Labute approximate surface area is 147 Å². The van der Waals surface area contributed by atoms with Crippen molar-refractivity contribution in [1.82, 2.24) is 15.0 Å². The predicted molar refractivity (Wildman–Crippen MR) is 94.9 cm³/mol. The Morgan fingerprint density at radius 3 is 2.68 bits per heavy atom. The number of aryl methyl sites for hydroxylation is 1. The van der Waals surface area contributed by atoms with Crippen molar-refractivity contribution in [2.45, 2.75) is 19.6 Å². The van der Waals surface area contributed by atoms with E-state index in [0.29, 0.717) is 18.3 Å². The van der Waals surface area contributed by atoms with Gasteiger partial charge in [0.2, 0.25) is 5.82 Å². The summed E-state index contributed by atoms with van der Waals surface area (Å²) in [6, 6.07) is 18.5. The highest BCUT2D eigenvalue weighted by molar-refractivity contribution is 5.53. The van der Waals surface area contributed by atoms with Gasteiger partial charge in [-0.25, -0.2) is 0 Å². The molecule has 2 aromatic carbocycles. The maximum atomic E-state index is 5.86. The molecule has 0 amide bonds. The summed E-state index contributed by atoms with van der Waals surface area (Å²) in [4.78, 5) is 6.89. The first kappa shape index (κ1) is 16.0. The Morgan fingerprint density at radius 2 is 1.88 bits per heavy atom. The van der Waals surface area contributed by atoms with Crippen LogP contribution in [0, 0.1) is 6.92 Å². The Hall–Kier alpha value is -2.50. The molecule has 2 heterocycles. The third-order valence-electron chi connectivity index (χ3n) is 4.43. The molecule has 1 aromatic heterocycles. The molecule has 128 valence electrons. The van der Waals surface area contributed by atoms with Crippen molar-refractivity contribution >= 4 is 0 Å². The third-order valence-corrected chi connectivity index (χ3v) is 4.43. The van der Waals surface area contributed by atoms with Crippen molar-refractivity contribution in [2.24, 2.45) is 0 Å². The van der Waals surface area contributed by atoms with E-state index in [1.807, 2.05) is 30.3 Å². The van der Waals surface area contributed by atoms with Crippen molar-refractivity contribution in [3.63, 3.8) is 0 Å². The Kier molecular flexibility index (Phi) is 4.59. The minimum Gasteiger partial charge on any atom is -0.366 e. The van der Waals surface area contributed by atoms with Gasteiger partial charge in [-0.15, -0.1) is 0 Å². The molecular weight excluding hydrogens is 314 g/mol.